The lowest BCUT2D eigenvalue weighted by atomic mass is 9.47. The summed E-state index contributed by atoms with van der Waals surface area (Å²) in [7, 11) is 0. The van der Waals surface area contributed by atoms with E-state index in [1.165, 1.54) is 24.5 Å². The number of rotatable bonds is 2. The second-order valence-electron chi connectivity index (χ2n) is 10.1. The molecule has 0 bridgehead atoms. The largest absolute Gasteiger partial charge is 0.462 e. The molecule has 0 amide bonds. The molecule has 0 spiro atoms. The van der Waals surface area contributed by atoms with E-state index < -0.39 is 0 Å². The third-order valence-corrected chi connectivity index (χ3v) is 8.66. The first-order chi connectivity index (χ1) is 12.7. The van der Waals surface area contributed by atoms with Crippen molar-refractivity contribution < 1.29 is 14.3 Å². The van der Waals surface area contributed by atoms with Crippen LogP contribution in [0, 0.1) is 28.6 Å². The van der Waals surface area contributed by atoms with Gasteiger partial charge in [0.2, 0.25) is 0 Å². The van der Waals surface area contributed by atoms with Gasteiger partial charge in [-0.25, -0.2) is 0 Å². The highest BCUT2D eigenvalue weighted by Gasteiger charge is 2.58. The second kappa shape index (κ2) is 6.32. The lowest BCUT2D eigenvalue weighted by Gasteiger charge is -2.57. The van der Waals surface area contributed by atoms with Gasteiger partial charge < -0.3 is 4.74 Å². The molecule has 0 aliphatic heterocycles. The van der Waals surface area contributed by atoms with Gasteiger partial charge in [-0.05, 0) is 86.5 Å². The predicted molar refractivity (Wildman–Crippen MR) is 106 cm³/mol. The smallest absolute Gasteiger partial charge is 0.302 e. The molecule has 6 unspecified atom stereocenters. The highest BCUT2D eigenvalue weighted by Crippen LogP contribution is 2.66. The van der Waals surface area contributed by atoms with Crippen LogP contribution in [-0.4, -0.2) is 17.9 Å². The van der Waals surface area contributed by atoms with Gasteiger partial charge >= 0.3 is 5.97 Å². The van der Waals surface area contributed by atoms with E-state index in [9.17, 15) is 9.59 Å². The Morgan fingerprint density at radius 3 is 2.41 bits per heavy atom. The number of Topliss-reactive ketones (excluding diaryl/α,β-unsaturated/α-hetero) is 1. The monoisotopic (exact) mass is 370 g/mol. The van der Waals surface area contributed by atoms with Crippen molar-refractivity contribution in [2.45, 2.75) is 85.7 Å². The Morgan fingerprint density at radius 2 is 1.74 bits per heavy atom. The molecule has 4 rings (SSSR count). The second-order valence-corrected chi connectivity index (χ2v) is 10.1. The summed E-state index contributed by atoms with van der Waals surface area (Å²) < 4.78 is 5.54. The number of allylic oxidation sites excluding steroid dienone is 3. The van der Waals surface area contributed by atoms with E-state index in [4.69, 9.17) is 4.74 Å². The van der Waals surface area contributed by atoms with Crippen molar-refractivity contribution in [2.75, 3.05) is 0 Å². The number of carbonyl (C=O) groups excluding carboxylic acids is 2. The fourth-order valence-electron chi connectivity index (χ4n) is 7.59. The Hall–Kier alpha value is -1.38. The molecule has 0 radical (unpaired) electrons. The molecule has 2 fully saturated rings. The lowest BCUT2D eigenvalue weighted by molar-refractivity contribution is -0.148. The summed E-state index contributed by atoms with van der Waals surface area (Å²) in [5.74, 6) is 2.12. The molecule has 0 N–H and O–H groups in total. The van der Waals surface area contributed by atoms with Gasteiger partial charge in [0.25, 0.3) is 0 Å². The van der Waals surface area contributed by atoms with Gasteiger partial charge in [0.15, 0.2) is 5.78 Å². The van der Waals surface area contributed by atoms with Crippen molar-refractivity contribution in [3.05, 3.63) is 22.8 Å². The van der Waals surface area contributed by atoms with Crippen molar-refractivity contribution >= 4 is 11.8 Å². The van der Waals surface area contributed by atoms with E-state index in [2.05, 4.69) is 26.8 Å². The van der Waals surface area contributed by atoms with E-state index in [0.29, 0.717) is 17.8 Å². The molecule has 3 heteroatoms. The van der Waals surface area contributed by atoms with Crippen LogP contribution < -0.4 is 0 Å². The first kappa shape index (κ1) is 19.0. The molecule has 0 aromatic heterocycles. The summed E-state index contributed by atoms with van der Waals surface area (Å²) in [6.07, 6.45) is 10.1. The van der Waals surface area contributed by atoms with Gasteiger partial charge in [-0.3, -0.25) is 9.59 Å². The van der Waals surface area contributed by atoms with Gasteiger partial charge in [0.1, 0.15) is 6.10 Å². The molecule has 148 valence electrons. The predicted octanol–water partition coefficient (Wildman–Crippen LogP) is 5.40. The van der Waals surface area contributed by atoms with Crippen molar-refractivity contribution in [1.82, 2.24) is 0 Å². The molecule has 3 nitrogen and oxygen atoms in total. The molecule has 0 aromatic carbocycles. The SMILES string of the molecule is CC(=O)OC1CCC2(C)C(=CCC3C2CCC2(C)C(C(C)=O)=C(C)CC32)C1. The van der Waals surface area contributed by atoms with Crippen LogP contribution >= 0.6 is 0 Å². The molecule has 27 heavy (non-hydrogen) atoms. The summed E-state index contributed by atoms with van der Waals surface area (Å²) in [5, 5.41) is 0. The van der Waals surface area contributed by atoms with Gasteiger partial charge in [-0.1, -0.05) is 31.1 Å². The van der Waals surface area contributed by atoms with E-state index in [1.54, 1.807) is 6.92 Å². The number of fused-ring (bicyclic) bond motifs is 5. The molecular weight excluding hydrogens is 336 g/mol. The minimum Gasteiger partial charge on any atom is -0.462 e. The van der Waals surface area contributed by atoms with E-state index in [-0.39, 0.29) is 28.7 Å². The molecule has 0 aromatic rings. The van der Waals surface area contributed by atoms with Crippen LogP contribution in [0.15, 0.2) is 22.8 Å². The highest BCUT2D eigenvalue weighted by molar-refractivity contribution is 5.96. The Labute approximate surface area is 163 Å². The molecule has 6 atom stereocenters. The Kier molecular flexibility index (Phi) is 4.44. The normalized spacial score (nSPS) is 43.4. The zero-order valence-corrected chi connectivity index (χ0v) is 17.6. The third kappa shape index (κ3) is 2.76. The number of esters is 1. The molecule has 4 aliphatic rings. The fraction of sp³-hybridized carbons (Fsp3) is 0.750. The highest BCUT2D eigenvalue weighted by atomic mass is 16.5. The maximum absolute atomic E-state index is 12.4. The number of ketones is 1. The van der Waals surface area contributed by atoms with Crippen LogP contribution in [-0.2, 0) is 14.3 Å². The zero-order valence-electron chi connectivity index (χ0n) is 17.6. The first-order valence-corrected chi connectivity index (χ1v) is 10.7. The minimum atomic E-state index is -0.157. The average molecular weight is 371 g/mol. The van der Waals surface area contributed by atoms with Crippen molar-refractivity contribution in [1.29, 1.82) is 0 Å². The summed E-state index contributed by atoms with van der Waals surface area (Å²) in [4.78, 5) is 23.8. The number of hydrogen-bond donors (Lipinski definition) is 0. The van der Waals surface area contributed by atoms with E-state index in [0.717, 1.165) is 44.1 Å². The quantitative estimate of drug-likeness (QED) is 0.483. The first-order valence-electron chi connectivity index (χ1n) is 10.7. The van der Waals surface area contributed by atoms with E-state index in [1.807, 2.05) is 0 Å². The maximum atomic E-state index is 12.4. The van der Waals surface area contributed by atoms with Crippen LogP contribution in [0.4, 0.5) is 0 Å². The third-order valence-electron chi connectivity index (χ3n) is 8.66. The lowest BCUT2D eigenvalue weighted by Crippen LogP contribution is -2.50. The molecular formula is C24H34O3. The minimum absolute atomic E-state index is 0.0620. The van der Waals surface area contributed by atoms with Crippen molar-refractivity contribution in [2.24, 2.45) is 28.6 Å². The topological polar surface area (TPSA) is 43.4 Å². The van der Waals surface area contributed by atoms with Crippen LogP contribution in [0.3, 0.4) is 0 Å². The maximum Gasteiger partial charge on any atom is 0.302 e. The van der Waals surface area contributed by atoms with Crippen LogP contribution in [0.2, 0.25) is 0 Å². The standard InChI is InChI=1S/C24H34O3/c1-14-12-21-19-7-6-17-13-18(27-16(3)26)8-10-23(17,4)20(19)9-11-24(21,5)22(14)15(2)25/h6,18-21H,7-13H2,1-5H3. The van der Waals surface area contributed by atoms with Crippen LogP contribution in [0.1, 0.15) is 79.6 Å². The van der Waals surface area contributed by atoms with Gasteiger partial charge in [-0.15, -0.1) is 0 Å². The summed E-state index contributed by atoms with van der Waals surface area (Å²) in [5.41, 5.74) is 4.33. The zero-order chi connectivity index (χ0) is 19.6. The molecule has 0 saturated heterocycles. The molecule has 0 heterocycles. The summed E-state index contributed by atoms with van der Waals surface area (Å²) >= 11 is 0. The Morgan fingerprint density at radius 1 is 1.04 bits per heavy atom. The van der Waals surface area contributed by atoms with Crippen LogP contribution in [0.25, 0.3) is 0 Å². The molecule has 2 saturated carbocycles. The molecule has 4 aliphatic carbocycles. The van der Waals surface area contributed by atoms with Crippen molar-refractivity contribution in [3.8, 4) is 0 Å². The number of carbonyl (C=O) groups is 2. The van der Waals surface area contributed by atoms with Gasteiger partial charge in [-0.2, -0.15) is 0 Å². The summed E-state index contributed by atoms with van der Waals surface area (Å²) in [6, 6.07) is 0. The van der Waals surface area contributed by atoms with Crippen LogP contribution in [0.5, 0.6) is 0 Å². The average Bonchev–Trinajstić information content (AvgIpc) is 2.85. The fourth-order valence-corrected chi connectivity index (χ4v) is 7.59. The van der Waals surface area contributed by atoms with Gasteiger partial charge in [0.05, 0.1) is 0 Å². The number of hydrogen-bond acceptors (Lipinski definition) is 3. The van der Waals surface area contributed by atoms with Crippen molar-refractivity contribution in [3.63, 3.8) is 0 Å². The summed E-state index contributed by atoms with van der Waals surface area (Å²) in [6.45, 7) is 10.3. The Balaban J connectivity index is 1.62. The van der Waals surface area contributed by atoms with E-state index >= 15 is 0 Å². The number of ether oxygens (including phenoxy) is 1. The Bertz CT molecular complexity index is 745. The van der Waals surface area contributed by atoms with Gasteiger partial charge in [0, 0.05) is 13.3 Å².